The summed E-state index contributed by atoms with van der Waals surface area (Å²) in [4.78, 5) is 20.6. The Labute approximate surface area is 179 Å². The second-order valence-electron chi connectivity index (χ2n) is 8.07. The predicted molar refractivity (Wildman–Crippen MR) is 120 cm³/mol. The summed E-state index contributed by atoms with van der Waals surface area (Å²) in [6, 6.07) is 18.0. The van der Waals surface area contributed by atoms with Gasteiger partial charge in [-0.25, -0.2) is 9.07 Å². The molecule has 0 atom stereocenters. The number of para-hydroxylation sites is 1. The minimum Gasteiger partial charge on any atom is -0.306 e. The van der Waals surface area contributed by atoms with Crippen LogP contribution in [-0.4, -0.2) is 57.8 Å². The van der Waals surface area contributed by atoms with E-state index in [2.05, 4.69) is 21.8 Å². The van der Waals surface area contributed by atoms with Gasteiger partial charge in [-0.15, -0.1) is 0 Å². The zero-order valence-corrected chi connectivity index (χ0v) is 17.4. The number of likely N-dealkylation sites (N-methyl/N-ethyl adjacent to an activating group) is 1. The van der Waals surface area contributed by atoms with Crippen molar-refractivity contribution in [3.63, 3.8) is 0 Å². The van der Waals surface area contributed by atoms with Crippen LogP contribution in [0.25, 0.3) is 28.0 Å². The van der Waals surface area contributed by atoms with Gasteiger partial charge in [0.05, 0.1) is 5.69 Å². The van der Waals surface area contributed by atoms with Crippen LogP contribution in [0.4, 0.5) is 4.39 Å². The van der Waals surface area contributed by atoms with Crippen LogP contribution in [0.1, 0.15) is 5.56 Å². The molecule has 31 heavy (non-hydrogen) atoms. The number of H-pyrrole nitrogens is 1. The number of hydrogen-bond acceptors (Lipinski definition) is 4. The highest BCUT2D eigenvalue weighted by atomic mass is 19.1. The normalized spacial score (nSPS) is 15.5. The van der Waals surface area contributed by atoms with Crippen LogP contribution in [0.2, 0.25) is 0 Å². The van der Waals surface area contributed by atoms with Crippen LogP contribution in [0.3, 0.4) is 0 Å². The van der Waals surface area contributed by atoms with Crippen molar-refractivity contribution in [3.8, 4) is 16.9 Å². The highest BCUT2D eigenvalue weighted by molar-refractivity contribution is 5.92. The third-order valence-electron chi connectivity index (χ3n) is 5.85. The van der Waals surface area contributed by atoms with Crippen molar-refractivity contribution in [2.75, 3.05) is 33.2 Å². The number of aromatic amines is 1. The number of aromatic nitrogens is 3. The molecule has 7 heteroatoms. The lowest BCUT2D eigenvalue weighted by Crippen LogP contribution is -2.44. The number of halogens is 1. The van der Waals surface area contributed by atoms with E-state index in [0.29, 0.717) is 29.0 Å². The molecule has 1 aliphatic rings. The Kier molecular flexibility index (Phi) is 5.13. The topological polar surface area (TPSA) is 57.2 Å². The summed E-state index contributed by atoms with van der Waals surface area (Å²) in [5, 5.41) is 5.57. The molecule has 1 N–H and O–H groups in total. The molecule has 3 heterocycles. The first-order chi connectivity index (χ1) is 15.1. The summed E-state index contributed by atoms with van der Waals surface area (Å²) >= 11 is 0. The van der Waals surface area contributed by atoms with Crippen LogP contribution >= 0.6 is 0 Å². The summed E-state index contributed by atoms with van der Waals surface area (Å²) in [7, 11) is 2.11. The fourth-order valence-electron chi connectivity index (χ4n) is 4.08. The smallest absolute Gasteiger partial charge is 0.254 e. The zero-order valence-electron chi connectivity index (χ0n) is 17.4. The van der Waals surface area contributed by atoms with Crippen molar-refractivity contribution in [2.45, 2.75) is 6.54 Å². The molecule has 2 aromatic carbocycles. The van der Waals surface area contributed by atoms with Gasteiger partial charge in [-0.05, 0) is 37.4 Å². The molecule has 1 fully saturated rings. The summed E-state index contributed by atoms with van der Waals surface area (Å²) in [5.41, 5.74) is 3.35. The van der Waals surface area contributed by atoms with Crippen molar-refractivity contribution in [3.05, 3.63) is 82.4 Å². The molecule has 0 aliphatic carbocycles. The Balaban J connectivity index is 1.65. The van der Waals surface area contributed by atoms with Gasteiger partial charge in [0.25, 0.3) is 5.56 Å². The van der Waals surface area contributed by atoms with Gasteiger partial charge in [-0.1, -0.05) is 30.3 Å². The summed E-state index contributed by atoms with van der Waals surface area (Å²) in [6.45, 7) is 4.40. The maximum Gasteiger partial charge on any atom is 0.254 e. The third-order valence-corrected chi connectivity index (χ3v) is 5.85. The Morgan fingerprint density at radius 1 is 1.00 bits per heavy atom. The van der Waals surface area contributed by atoms with Gasteiger partial charge in [0, 0.05) is 49.2 Å². The van der Waals surface area contributed by atoms with E-state index in [1.54, 1.807) is 10.7 Å². The molecule has 1 aliphatic heterocycles. The number of rotatable bonds is 4. The quantitative estimate of drug-likeness (QED) is 0.554. The van der Waals surface area contributed by atoms with Crippen LogP contribution in [0.15, 0.2) is 65.5 Å². The van der Waals surface area contributed by atoms with Crippen LogP contribution < -0.4 is 5.56 Å². The molecule has 0 radical (unpaired) electrons. The molecule has 0 bridgehead atoms. The molecule has 1 saturated heterocycles. The zero-order chi connectivity index (χ0) is 21.4. The molecular formula is C24H24FN5O. The molecule has 158 valence electrons. The summed E-state index contributed by atoms with van der Waals surface area (Å²) in [6.07, 6.45) is 0. The molecular weight excluding hydrogens is 393 g/mol. The molecule has 0 amide bonds. The Morgan fingerprint density at radius 3 is 2.52 bits per heavy atom. The number of piperazine rings is 1. The Bertz CT molecular complexity index is 1270. The lowest BCUT2D eigenvalue weighted by Gasteiger charge is -2.32. The van der Waals surface area contributed by atoms with E-state index in [1.807, 2.05) is 42.5 Å². The first-order valence-corrected chi connectivity index (χ1v) is 10.5. The van der Waals surface area contributed by atoms with E-state index in [1.165, 1.54) is 12.1 Å². The van der Waals surface area contributed by atoms with Crippen molar-refractivity contribution < 1.29 is 4.39 Å². The van der Waals surface area contributed by atoms with E-state index in [0.717, 1.165) is 37.3 Å². The van der Waals surface area contributed by atoms with E-state index in [9.17, 15) is 9.18 Å². The van der Waals surface area contributed by atoms with Crippen molar-refractivity contribution in [2.24, 2.45) is 0 Å². The van der Waals surface area contributed by atoms with Gasteiger partial charge in [0.1, 0.15) is 17.2 Å². The highest BCUT2D eigenvalue weighted by Crippen LogP contribution is 2.29. The van der Waals surface area contributed by atoms with E-state index in [4.69, 9.17) is 5.10 Å². The Hall–Kier alpha value is -3.29. The predicted octanol–water partition coefficient (Wildman–Crippen LogP) is 3.27. The number of nitrogens with one attached hydrogen (secondary N) is 1. The molecule has 6 nitrogen and oxygen atoms in total. The number of hydrogen-bond donors (Lipinski definition) is 1. The van der Waals surface area contributed by atoms with Crippen LogP contribution in [0.5, 0.6) is 0 Å². The van der Waals surface area contributed by atoms with E-state index in [-0.39, 0.29) is 11.4 Å². The second kappa shape index (κ2) is 8.09. The molecule has 0 spiro atoms. The van der Waals surface area contributed by atoms with Gasteiger partial charge in [-0.2, -0.15) is 5.10 Å². The van der Waals surface area contributed by atoms with Crippen molar-refractivity contribution >= 4 is 11.0 Å². The fraction of sp³-hybridized carbons (Fsp3) is 0.250. The average Bonchev–Trinajstić information content (AvgIpc) is 3.14. The first-order valence-electron chi connectivity index (χ1n) is 10.5. The van der Waals surface area contributed by atoms with E-state index < -0.39 is 0 Å². The lowest BCUT2D eigenvalue weighted by molar-refractivity contribution is 0.148. The van der Waals surface area contributed by atoms with Gasteiger partial charge in [0.15, 0.2) is 0 Å². The second-order valence-corrected chi connectivity index (χ2v) is 8.07. The molecule has 0 saturated carbocycles. The highest BCUT2D eigenvalue weighted by Gasteiger charge is 2.19. The first kappa shape index (κ1) is 19.7. The third kappa shape index (κ3) is 3.89. The van der Waals surface area contributed by atoms with Gasteiger partial charge in [-0.3, -0.25) is 9.69 Å². The minimum atomic E-state index is -0.318. The summed E-state index contributed by atoms with van der Waals surface area (Å²) in [5.74, 6) is -0.318. The number of nitrogens with zero attached hydrogens (tertiary/aromatic N) is 4. The monoisotopic (exact) mass is 417 g/mol. The number of pyridine rings is 1. The fourth-order valence-corrected chi connectivity index (χ4v) is 4.08. The van der Waals surface area contributed by atoms with Crippen molar-refractivity contribution in [1.82, 2.24) is 24.6 Å². The van der Waals surface area contributed by atoms with Gasteiger partial charge < -0.3 is 9.88 Å². The molecule has 5 rings (SSSR count). The largest absolute Gasteiger partial charge is 0.306 e. The maximum absolute atomic E-state index is 14.0. The number of benzene rings is 2. The molecule has 2 aromatic heterocycles. The standard InChI is InChI=1S/C24H24FN5O/c1-28-10-12-29(13-11-28)16-18-15-21-22(17-6-5-7-19(25)14-17)27-30(23(21)26-24(18)31)20-8-3-2-4-9-20/h2-9,14-15H,10-13,16H2,1H3,(H,26,31). The maximum atomic E-state index is 14.0. The van der Waals surface area contributed by atoms with Gasteiger partial charge in [0.2, 0.25) is 0 Å². The SMILES string of the molecule is CN1CCN(Cc2cc3c(-c4cccc(F)c4)nn(-c4ccccc4)c3[nH]c2=O)CC1. The minimum absolute atomic E-state index is 0.116. The molecule has 4 aromatic rings. The Morgan fingerprint density at radius 2 is 1.77 bits per heavy atom. The van der Waals surface area contributed by atoms with Crippen molar-refractivity contribution in [1.29, 1.82) is 0 Å². The summed E-state index contributed by atoms with van der Waals surface area (Å²) < 4.78 is 15.7. The van der Waals surface area contributed by atoms with Gasteiger partial charge >= 0.3 is 0 Å². The van der Waals surface area contributed by atoms with Crippen LogP contribution in [-0.2, 0) is 6.54 Å². The lowest BCUT2D eigenvalue weighted by atomic mass is 10.1. The molecule has 0 unspecified atom stereocenters. The average molecular weight is 417 g/mol. The number of fused-ring (bicyclic) bond motifs is 1. The van der Waals surface area contributed by atoms with E-state index >= 15 is 0 Å². The van der Waals surface area contributed by atoms with Crippen LogP contribution in [0, 0.1) is 5.82 Å².